The van der Waals surface area contributed by atoms with Crippen molar-refractivity contribution in [2.45, 2.75) is 52.4 Å². The van der Waals surface area contributed by atoms with E-state index in [1.54, 1.807) is 12.1 Å². The fraction of sp³-hybridized carbons (Fsp3) is 0.450. The van der Waals surface area contributed by atoms with Crippen LogP contribution in [-0.4, -0.2) is 13.1 Å². The first-order chi connectivity index (χ1) is 10.7. The molecule has 0 saturated carbocycles. The lowest BCUT2D eigenvalue weighted by atomic mass is 10.1. The Hall–Kier alpha value is -2.19. The molecule has 0 aliphatic carbocycles. The normalized spacial score (nSPS) is 9.23. The Morgan fingerprint density at radius 3 is 1.86 bits per heavy atom. The molecule has 2 heteroatoms. The summed E-state index contributed by atoms with van der Waals surface area (Å²) in [6.45, 7) is 4.28. The lowest BCUT2D eigenvalue weighted by molar-refractivity contribution is 0.0600. The van der Waals surface area contributed by atoms with Gasteiger partial charge in [-0.2, -0.15) is 0 Å². The van der Waals surface area contributed by atoms with Gasteiger partial charge in [-0.05, 0) is 31.0 Å². The highest BCUT2D eigenvalue weighted by atomic mass is 16.5. The Bertz CT molecular complexity index is 562. The monoisotopic (exact) mass is 296 g/mol. The fourth-order valence-electron chi connectivity index (χ4n) is 1.87. The van der Waals surface area contributed by atoms with Gasteiger partial charge in [0.05, 0.1) is 12.7 Å². The van der Waals surface area contributed by atoms with Gasteiger partial charge in [0.25, 0.3) is 0 Å². The van der Waals surface area contributed by atoms with Gasteiger partial charge in [-0.3, -0.25) is 0 Å². The summed E-state index contributed by atoms with van der Waals surface area (Å²) in [7, 11) is 1.38. The summed E-state index contributed by atoms with van der Waals surface area (Å²) in [4.78, 5) is 11.8. The van der Waals surface area contributed by atoms with Gasteiger partial charge in [0.2, 0.25) is 0 Å². The number of esters is 1. The SMILES string of the molecule is CCCCC#Cc1cc(C#CCCCC)cc(C(=O)OC)c1. The van der Waals surface area contributed by atoms with E-state index in [1.807, 2.05) is 6.07 Å². The highest BCUT2D eigenvalue weighted by molar-refractivity contribution is 5.90. The molecule has 0 radical (unpaired) electrons. The van der Waals surface area contributed by atoms with Gasteiger partial charge >= 0.3 is 5.97 Å². The van der Waals surface area contributed by atoms with Gasteiger partial charge in [-0.25, -0.2) is 4.79 Å². The molecule has 0 spiro atoms. The quantitative estimate of drug-likeness (QED) is 0.452. The number of unbranched alkanes of at least 4 members (excludes halogenated alkanes) is 4. The summed E-state index contributed by atoms with van der Waals surface area (Å²) in [6, 6.07) is 5.47. The molecule has 0 atom stereocenters. The molecule has 2 nitrogen and oxygen atoms in total. The van der Waals surface area contributed by atoms with Gasteiger partial charge in [0.1, 0.15) is 0 Å². The molecule has 0 saturated heterocycles. The third kappa shape index (κ3) is 6.51. The average molecular weight is 296 g/mol. The second-order valence-corrected chi connectivity index (χ2v) is 5.10. The molecule has 0 aromatic heterocycles. The third-order valence-electron chi connectivity index (χ3n) is 3.13. The number of methoxy groups -OCH3 is 1. The van der Waals surface area contributed by atoms with Crippen LogP contribution in [0.2, 0.25) is 0 Å². The number of benzene rings is 1. The summed E-state index contributed by atoms with van der Waals surface area (Å²) in [5.41, 5.74) is 2.14. The minimum atomic E-state index is -0.353. The van der Waals surface area contributed by atoms with E-state index >= 15 is 0 Å². The van der Waals surface area contributed by atoms with Gasteiger partial charge in [-0.1, -0.05) is 50.4 Å². The van der Waals surface area contributed by atoms with E-state index in [0.29, 0.717) is 5.56 Å². The highest BCUT2D eigenvalue weighted by Crippen LogP contribution is 2.11. The van der Waals surface area contributed by atoms with Crippen LogP contribution in [0.15, 0.2) is 18.2 Å². The number of ether oxygens (including phenoxy) is 1. The van der Waals surface area contributed by atoms with Gasteiger partial charge in [0, 0.05) is 24.0 Å². The lowest BCUT2D eigenvalue weighted by Crippen LogP contribution is -2.02. The second kappa shape index (κ2) is 10.5. The molecule has 0 amide bonds. The minimum Gasteiger partial charge on any atom is -0.465 e. The molecule has 1 aromatic rings. The van der Waals surface area contributed by atoms with Crippen molar-refractivity contribution in [3.05, 3.63) is 34.9 Å². The summed E-state index contributed by atoms with van der Waals surface area (Å²) in [5.74, 6) is 12.2. The topological polar surface area (TPSA) is 26.3 Å². The molecule has 0 N–H and O–H groups in total. The molecule has 1 aromatic carbocycles. The molecule has 0 heterocycles. The maximum absolute atomic E-state index is 11.8. The molecule has 22 heavy (non-hydrogen) atoms. The molecule has 0 aliphatic heterocycles. The highest BCUT2D eigenvalue weighted by Gasteiger charge is 2.07. The van der Waals surface area contributed by atoms with Crippen LogP contribution < -0.4 is 0 Å². The molecule has 0 fully saturated rings. The zero-order chi connectivity index (χ0) is 16.2. The van der Waals surface area contributed by atoms with Crippen molar-refractivity contribution in [2.75, 3.05) is 7.11 Å². The van der Waals surface area contributed by atoms with Gasteiger partial charge < -0.3 is 4.74 Å². The maximum atomic E-state index is 11.8. The standard InChI is InChI=1S/C20H24O2/c1-4-6-8-10-12-17-14-18(13-11-9-7-5-2)16-19(15-17)20(21)22-3/h14-16H,4-9H2,1-3H3. The van der Waals surface area contributed by atoms with Crippen LogP contribution in [0.5, 0.6) is 0 Å². The van der Waals surface area contributed by atoms with Crippen molar-refractivity contribution in [3.63, 3.8) is 0 Å². The number of hydrogen-bond acceptors (Lipinski definition) is 2. The van der Waals surface area contributed by atoms with Crippen molar-refractivity contribution in [1.29, 1.82) is 0 Å². The summed E-state index contributed by atoms with van der Waals surface area (Å²) >= 11 is 0. The van der Waals surface area contributed by atoms with Crippen LogP contribution in [0.4, 0.5) is 0 Å². The van der Waals surface area contributed by atoms with E-state index in [4.69, 9.17) is 4.74 Å². The Balaban J connectivity index is 3.00. The van der Waals surface area contributed by atoms with E-state index in [1.165, 1.54) is 7.11 Å². The van der Waals surface area contributed by atoms with Crippen LogP contribution in [0.1, 0.15) is 73.9 Å². The lowest BCUT2D eigenvalue weighted by Gasteiger charge is -2.01. The maximum Gasteiger partial charge on any atom is 0.337 e. The summed E-state index contributed by atoms with van der Waals surface area (Å²) < 4.78 is 4.80. The second-order valence-electron chi connectivity index (χ2n) is 5.10. The van der Waals surface area contributed by atoms with Crippen LogP contribution in [-0.2, 0) is 4.74 Å². The minimum absolute atomic E-state index is 0.353. The largest absolute Gasteiger partial charge is 0.465 e. The Labute approximate surface area is 134 Å². The van der Waals surface area contributed by atoms with Crippen LogP contribution in [0.3, 0.4) is 0 Å². The Kier molecular flexibility index (Phi) is 8.54. The van der Waals surface area contributed by atoms with E-state index < -0.39 is 0 Å². The molecular formula is C20H24O2. The first kappa shape index (κ1) is 17.9. The average Bonchev–Trinajstić information content (AvgIpc) is 2.54. The van der Waals surface area contributed by atoms with Crippen molar-refractivity contribution in [3.8, 4) is 23.7 Å². The molecule has 0 aliphatic rings. The number of carbonyl (C=O) groups excluding carboxylic acids is 1. The molecule has 1 rings (SSSR count). The Morgan fingerprint density at radius 2 is 1.45 bits per heavy atom. The first-order valence-electron chi connectivity index (χ1n) is 7.92. The number of rotatable bonds is 5. The van der Waals surface area contributed by atoms with Gasteiger partial charge in [-0.15, -0.1) is 0 Å². The van der Waals surface area contributed by atoms with E-state index in [2.05, 4.69) is 37.5 Å². The fourth-order valence-corrected chi connectivity index (χ4v) is 1.87. The van der Waals surface area contributed by atoms with Crippen molar-refractivity contribution < 1.29 is 9.53 Å². The molecule has 116 valence electrons. The predicted molar refractivity (Wildman–Crippen MR) is 90.6 cm³/mol. The molecule has 0 unspecified atom stereocenters. The summed E-state index contributed by atoms with van der Waals surface area (Å²) in [6.07, 6.45) is 6.18. The van der Waals surface area contributed by atoms with Crippen LogP contribution >= 0.6 is 0 Å². The third-order valence-corrected chi connectivity index (χ3v) is 3.13. The smallest absolute Gasteiger partial charge is 0.337 e. The van der Waals surface area contributed by atoms with Crippen molar-refractivity contribution >= 4 is 5.97 Å². The number of hydrogen-bond donors (Lipinski definition) is 0. The zero-order valence-electron chi connectivity index (χ0n) is 13.8. The van der Waals surface area contributed by atoms with Crippen molar-refractivity contribution in [2.24, 2.45) is 0 Å². The van der Waals surface area contributed by atoms with Crippen LogP contribution in [0.25, 0.3) is 0 Å². The molecule has 0 bridgehead atoms. The van der Waals surface area contributed by atoms with E-state index in [9.17, 15) is 4.79 Å². The number of carbonyl (C=O) groups is 1. The molecular weight excluding hydrogens is 272 g/mol. The summed E-state index contributed by atoms with van der Waals surface area (Å²) in [5, 5.41) is 0. The first-order valence-corrected chi connectivity index (χ1v) is 7.92. The Morgan fingerprint density at radius 1 is 0.955 bits per heavy atom. The predicted octanol–water partition coefficient (Wildman–Crippen LogP) is 4.56. The van der Waals surface area contributed by atoms with Crippen LogP contribution in [0, 0.1) is 23.7 Å². The zero-order valence-corrected chi connectivity index (χ0v) is 13.8. The van der Waals surface area contributed by atoms with Crippen molar-refractivity contribution in [1.82, 2.24) is 0 Å². The van der Waals surface area contributed by atoms with E-state index in [-0.39, 0.29) is 5.97 Å². The van der Waals surface area contributed by atoms with E-state index in [0.717, 1.165) is 49.7 Å². The van der Waals surface area contributed by atoms with Gasteiger partial charge in [0.15, 0.2) is 0 Å².